The molecule has 0 atom stereocenters. The van der Waals surface area contributed by atoms with Crippen molar-refractivity contribution in [3.8, 4) is 0 Å². The van der Waals surface area contributed by atoms with Crippen molar-refractivity contribution < 1.29 is 4.79 Å². The van der Waals surface area contributed by atoms with Gasteiger partial charge in [-0.15, -0.1) is 10.2 Å². The molecule has 2 aromatic carbocycles. The lowest BCUT2D eigenvalue weighted by Crippen LogP contribution is -2.12. The molecule has 0 aliphatic carbocycles. The second-order valence-electron chi connectivity index (χ2n) is 6.54. The lowest BCUT2D eigenvalue weighted by atomic mass is 10.1. The van der Waals surface area contributed by atoms with Gasteiger partial charge in [0.05, 0.1) is 17.9 Å². The van der Waals surface area contributed by atoms with Crippen LogP contribution in [0.2, 0.25) is 0 Å². The fraction of sp³-hybridized carbons (Fsp3) is 0.143. The Hall–Kier alpha value is -2.97. The van der Waals surface area contributed by atoms with Crippen molar-refractivity contribution in [1.29, 1.82) is 0 Å². The summed E-state index contributed by atoms with van der Waals surface area (Å²) in [4.78, 5) is 13.7. The molecule has 2 heterocycles. The van der Waals surface area contributed by atoms with Crippen molar-refractivity contribution in [1.82, 2.24) is 20.0 Å². The summed E-state index contributed by atoms with van der Waals surface area (Å²) in [6.07, 6.45) is 0. The molecule has 0 aliphatic heterocycles. The molecule has 2 aromatic heterocycles. The van der Waals surface area contributed by atoms with Crippen molar-refractivity contribution in [3.05, 3.63) is 82.6 Å². The zero-order valence-electron chi connectivity index (χ0n) is 16.0. The third-order valence-corrected chi connectivity index (χ3v) is 6.18. The molecule has 0 unspecified atom stereocenters. The highest BCUT2D eigenvalue weighted by Gasteiger charge is 2.11. The fourth-order valence-electron chi connectivity index (χ4n) is 2.92. The van der Waals surface area contributed by atoms with Crippen molar-refractivity contribution in [2.24, 2.45) is 0 Å². The predicted molar refractivity (Wildman–Crippen MR) is 116 cm³/mol. The Morgan fingerprint density at radius 3 is 2.62 bits per heavy atom. The molecule has 0 aliphatic rings. The molecule has 4 rings (SSSR count). The number of benzene rings is 2. The number of carbonyl (C=O) groups is 1. The first-order chi connectivity index (χ1) is 14.1. The fourth-order valence-corrected chi connectivity index (χ4v) is 4.45. The van der Waals surface area contributed by atoms with Gasteiger partial charge in [-0.05, 0) is 49.7 Å². The minimum atomic E-state index is -0.145. The second-order valence-corrected chi connectivity index (χ2v) is 8.66. The van der Waals surface area contributed by atoms with Gasteiger partial charge in [0, 0.05) is 16.2 Å². The Balaban J connectivity index is 1.46. The first-order valence-corrected chi connectivity index (χ1v) is 10.7. The number of hydrogen-bond acceptors (Lipinski definition) is 6. The molecule has 146 valence electrons. The number of amides is 1. The van der Waals surface area contributed by atoms with Crippen LogP contribution >= 0.6 is 23.1 Å². The van der Waals surface area contributed by atoms with Gasteiger partial charge in [-0.25, -0.2) is 0 Å². The number of nitrogens with zero attached hydrogens (tertiary/aromatic N) is 4. The van der Waals surface area contributed by atoms with E-state index in [0.717, 1.165) is 31.9 Å². The summed E-state index contributed by atoms with van der Waals surface area (Å²) in [5.41, 5.74) is 6.27. The van der Waals surface area contributed by atoms with E-state index < -0.39 is 0 Å². The monoisotopic (exact) mass is 421 g/mol. The number of aryl methyl sites for hydroxylation is 2. The topological polar surface area (TPSA) is 72.7 Å². The zero-order valence-corrected chi connectivity index (χ0v) is 17.6. The zero-order chi connectivity index (χ0) is 20.2. The summed E-state index contributed by atoms with van der Waals surface area (Å²) >= 11 is 2.95. The summed E-state index contributed by atoms with van der Waals surface area (Å²) in [5.74, 6) is -0.145. The first kappa shape index (κ1) is 19.4. The molecule has 0 saturated heterocycles. The van der Waals surface area contributed by atoms with E-state index in [-0.39, 0.29) is 5.91 Å². The van der Waals surface area contributed by atoms with Crippen LogP contribution in [0.25, 0.3) is 0 Å². The minimum absolute atomic E-state index is 0.145. The molecule has 8 heteroatoms. The molecule has 29 heavy (non-hydrogen) atoms. The van der Waals surface area contributed by atoms with Gasteiger partial charge in [0.2, 0.25) is 0 Å². The molecule has 6 nitrogen and oxygen atoms in total. The van der Waals surface area contributed by atoms with Gasteiger partial charge in [0.1, 0.15) is 5.51 Å². The highest BCUT2D eigenvalue weighted by atomic mass is 32.2. The van der Waals surface area contributed by atoms with Crippen LogP contribution in [0.5, 0.6) is 0 Å². The van der Waals surface area contributed by atoms with Crippen molar-refractivity contribution >= 4 is 34.7 Å². The van der Waals surface area contributed by atoms with E-state index in [2.05, 4.69) is 26.7 Å². The van der Waals surface area contributed by atoms with Gasteiger partial charge in [-0.1, -0.05) is 47.4 Å². The Bertz CT molecular complexity index is 1120. The number of nitrogens with one attached hydrogen (secondary N) is 1. The SMILES string of the molecule is Cc1cc(C)n(Cc2ccc(C(=O)Nc3ccccc3Sc3nncs3)cc2)n1. The van der Waals surface area contributed by atoms with Gasteiger partial charge >= 0.3 is 0 Å². The summed E-state index contributed by atoms with van der Waals surface area (Å²) in [6.45, 7) is 4.71. The van der Waals surface area contributed by atoms with Crippen LogP contribution in [-0.2, 0) is 6.54 Å². The number of hydrogen-bond donors (Lipinski definition) is 1. The lowest BCUT2D eigenvalue weighted by Gasteiger charge is -2.10. The molecule has 0 bridgehead atoms. The molecule has 0 saturated carbocycles. The third-order valence-electron chi connectivity index (χ3n) is 4.32. The highest BCUT2D eigenvalue weighted by molar-refractivity contribution is 8.01. The summed E-state index contributed by atoms with van der Waals surface area (Å²) in [5, 5.41) is 15.4. The van der Waals surface area contributed by atoms with E-state index in [1.165, 1.54) is 23.1 Å². The van der Waals surface area contributed by atoms with E-state index in [1.54, 1.807) is 5.51 Å². The Morgan fingerprint density at radius 2 is 1.93 bits per heavy atom. The van der Waals surface area contributed by atoms with Crippen molar-refractivity contribution in [2.75, 3.05) is 5.32 Å². The third kappa shape index (κ3) is 4.72. The van der Waals surface area contributed by atoms with E-state index in [1.807, 2.05) is 67.1 Å². The van der Waals surface area contributed by atoms with E-state index in [9.17, 15) is 4.79 Å². The molecular weight excluding hydrogens is 402 g/mol. The normalized spacial score (nSPS) is 10.8. The quantitative estimate of drug-likeness (QED) is 0.484. The van der Waals surface area contributed by atoms with E-state index in [0.29, 0.717) is 12.1 Å². The Morgan fingerprint density at radius 1 is 1.14 bits per heavy atom. The molecule has 4 aromatic rings. The maximum absolute atomic E-state index is 12.7. The van der Waals surface area contributed by atoms with Crippen LogP contribution in [0.15, 0.2) is 69.3 Å². The summed E-state index contributed by atoms with van der Waals surface area (Å²) in [6, 6.07) is 17.4. The average Bonchev–Trinajstić information content (AvgIpc) is 3.33. The molecule has 0 spiro atoms. The summed E-state index contributed by atoms with van der Waals surface area (Å²) < 4.78 is 2.80. The smallest absolute Gasteiger partial charge is 0.255 e. The Kier molecular flexibility index (Phi) is 5.73. The highest BCUT2D eigenvalue weighted by Crippen LogP contribution is 2.34. The minimum Gasteiger partial charge on any atom is -0.321 e. The largest absolute Gasteiger partial charge is 0.321 e. The van der Waals surface area contributed by atoms with Crippen LogP contribution in [0.4, 0.5) is 5.69 Å². The number of carbonyl (C=O) groups excluding carboxylic acids is 1. The summed E-state index contributed by atoms with van der Waals surface area (Å²) in [7, 11) is 0. The molecule has 1 N–H and O–H groups in total. The standard InChI is InChI=1S/C21H19N5OS2/c1-14-11-15(2)26(25-14)12-16-7-9-17(10-8-16)20(27)23-18-5-3-4-6-19(18)29-21-24-22-13-28-21/h3-11,13H,12H2,1-2H3,(H,23,27). The number of anilines is 1. The molecule has 0 radical (unpaired) electrons. The predicted octanol–water partition coefficient (Wildman–Crippen LogP) is 4.80. The maximum Gasteiger partial charge on any atom is 0.255 e. The maximum atomic E-state index is 12.7. The number of para-hydroxylation sites is 1. The van der Waals surface area contributed by atoms with Crippen LogP contribution < -0.4 is 5.32 Å². The number of aromatic nitrogens is 4. The van der Waals surface area contributed by atoms with E-state index in [4.69, 9.17) is 0 Å². The van der Waals surface area contributed by atoms with Crippen LogP contribution in [0, 0.1) is 13.8 Å². The van der Waals surface area contributed by atoms with Crippen LogP contribution in [0.1, 0.15) is 27.3 Å². The van der Waals surface area contributed by atoms with Crippen LogP contribution in [-0.4, -0.2) is 25.9 Å². The number of rotatable bonds is 6. The Labute approximate surface area is 177 Å². The molecule has 1 amide bonds. The van der Waals surface area contributed by atoms with Gasteiger partial charge < -0.3 is 5.32 Å². The average molecular weight is 422 g/mol. The molecule has 0 fully saturated rings. The lowest BCUT2D eigenvalue weighted by molar-refractivity contribution is 0.102. The van der Waals surface area contributed by atoms with Gasteiger partial charge in [-0.2, -0.15) is 5.10 Å². The van der Waals surface area contributed by atoms with Gasteiger partial charge in [-0.3, -0.25) is 9.48 Å². The molecular formula is C21H19N5OS2. The van der Waals surface area contributed by atoms with Crippen LogP contribution in [0.3, 0.4) is 0 Å². The van der Waals surface area contributed by atoms with Gasteiger partial charge in [0.25, 0.3) is 5.91 Å². The second kappa shape index (κ2) is 8.59. The van der Waals surface area contributed by atoms with Crippen molar-refractivity contribution in [2.45, 2.75) is 29.6 Å². The van der Waals surface area contributed by atoms with Crippen molar-refractivity contribution in [3.63, 3.8) is 0 Å². The van der Waals surface area contributed by atoms with E-state index >= 15 is 0 Å². The first-order valence-electron chi connectivity index (χ1n) is 9.03. The van der Waals surface area contributed by atoms with Gasteiger partial charge in [0.15, 0.2) is 4.34 Å².